The summed E-state index contributed by atoms with van der Waals surface area (Å²) in [5, 5.41) is 18.3. The number of hydrogen-bond donors (Lipinski definition) is 2. The fourth-order valence-electron chi connectivity index (χ4n) is 3.22. The van der Waals surface area contributed by atoms with Gasteiger partial charge in [0.15, 0.2) is 0 Å². The van der Waals surface area contributed by atoms with E-state index in [0.29, 0.717) is 18.2 Å². The molecule has 0 aliphatic carbocycles. The molecule has 4 rings (SSSR count). The fraction of sp³-hybridized carbons (Fsp3) is 0.316. The number of nitrogens with zero attached hydrogens (tertiary/aromatic N) is 5. The Hall–Kier alpha value is -2.93. The van der Waals surface area contributed by atoms with Crippen LogP contribution in [0.25, 0.3) is 0 Å². The number of aryl methyl sites for hydroxylation is 1. The lowest BCUT2D eigenvalue weighted by Gasteiger charge is -2.28. The summed E-state index contributed by atoms with van der Waals surface area (Å²) in [7, 11) is 1.86. The molecule has 0 spiro atoms. The van der Waals surface area contributed by atoms with Gasteiger partial charge in [0, 0.05) is 25.4 Å². The second kappa shape index (κ2) is 6.76. The van der Waals surface area contributed by atoms with E-state index in [1.807, 2.05) is 61.1 Å². The molecule has 0 saturated carbocycles. The van der Waals surface area contributed by atoms with Gasteiger partial charge in [-0.1, -0.05) is 30.3 Å². The number of aromatic nitrogens is 4. The SMILES string of the molecule is CNc1cc(C)nc(N2CCn3nc(C(O)c4ccccc4)cc3C2)n1. The molecule has 1 atom stereocenters. The molecule has 0 saturated heterocycles. The maximum Gasteiger partial charge on any atom is 0.227 e. The molecular weight excluding hydrogens is 328 g/mol. The van der Waals surface area contributed by atoms with Crippen molar-refractivity contribution in [2.45, 2.75) is 26.1 Å². The van der Waals surface area contributed by atoms with Gasteiger partial charge in [0.1, 0.15) is 11.9 Å². The van der Waals surface area contributed by atoms with E-state index in [9.17, 15) is 5.11 Å². The third kappa shape index (κ3) is 3.13. The first-order valence-corrected chi connectivity index (χ1v) is 8.72. The first-order valence-electron chi connectivity index (χ1n) is 8.72. The average molecular weight is 350 g/mol. The van der Waals surface area contributed by atoms with Crippen molar-refractivity contribution in [2.75, 3.05) is 23.8 Å². The number of benzene rings is 1. The highest BCUT2D eigenvalue weighted by atomic mass is 16.3. The highest BCUT2D eigenvalue weighted by molar-refractivity contribution is 5.44. The first-order chi connectivity index (χ1) is 12.6. The van der Waals surface area contributed by atoms with Crippen LogP contribution in [-0.4, -0.2) is 38.4 Å². The Bertz CT molecular complexity index is 908. The molecule has 2 aromatic heterocycles. The molecule has 3 heterocycles. The number of anilines is 2. The van der Waals surface area contributed by atoms with Crippen LogP contribution in [0.15, 0.2) is 42.5 Å². The summed E-state index contributed by atoms with van der Waals surface area (Å²) in [5.41, 5.74) is 3.51. The van der Waals surface area contributed by atoms with Crippen LogP contribution in [0.1, 0.15) is 28.7 Å². The zero-order valence-electron chi connectivity index (χ0n) is 14.9. The van der Waals surface area contributed by atoms with Crippen LogP contribution in [0.5, 0.6) is 0 Å². The van der Waals surface area contributed by atoms with Crippen molar-refractivity contribution in [3.63, 3.8) is 0 Å². The summed E-state index contributed by atoms with van der Waals surface area (Å²) in [5.74, 6) is 1.53. The molecule has 134 valence electrons. The Morgan fingerprint density at radius 2 is 1.92 bits per heavy atom. The van der Waals surface area contributed by atoms with Gasteiger partial charge in [0.05, 0.1) is 24.5 Å². The second-order valence-electron chi connectivity index (χ2n) is 6.46. The quantitative estimate of drug-likeness (QED) is 0.750. The van der Waals surface area contributed by atoms with Gasteiger partial charge in [-0.25, -0.2) is 4.98 Å². The van der Waals surface area contributed by atoms with Crippen molar-refractivity contribution in [1.29, 1.82) is 0 Å². The van der Waals surface area contributed by atoms with Gasteiger partial charge in [-0.15, -0.1) is 0 Å². The largest absolute Gasteiger partial charge is 0.382 e. The summed E-state index contributed by atoms with van der Waals surface area (Å²) in [6.07, 6.45) is -0.714. The Kier molecular flexibility index (Phi) is 4.30. The summed E-state index contributed by atoms with van der Waals surface area (Å²) >= 11 is 0. The van der Waals surface area contributed by atoms with Gasteiger partial charge in [0.2, 0.25) is 5.95 Å². The van der Waals surface area contributed by atoms with Crippen molar-refractivity contribution in [3.8, 4) is 0 Å². The van der Waals surface area contributed by atoms with E-state index >= 15 is 0 Å². The standard InChI is InChI=1S/C19H22N6O/c1-13-10-17(20-2)22-19(21-13)24-8-9-25-15(12-24)11-16(23-25)18(26)14-6-4-3-5-7-14/h3-7,10-11,18,26H,8-9,12H2,1-2H3,(H,20,21,22). The number of aliphatic hydroxyl groups excluding tert-OH is 1. The third-order valence-electron chi connectivity index (χ3n) is 4.59. The lowest BCUT2D eigenvalue weighted by atomic mass is 10.1. The highest BCUT2D eigenvalue weighted by Gasteiger charge is 2.23. The maximum absolute atomic E-state index is 10.6. The zero-order valence-corrected chi connectivity index (χ0v) is 14.9. The Labute approximate surface area is 152 Å². The normalized spacial score (nSPS) is 14.8. The summed E-state index contributed by atoms with van der Waals surface area (Å²) in [4.78, 5) is 11.3. The van der Waals surface area contributed by atoms with Gasteiger partial charge in [0.25, 0.3) is 0 Å². The van der Waals surface area contributed by atoms with Gasteiger partial charge in [-0.2, -0.15) is 10.1 Å². The minimum atomic E-state index is -0.714. The Balaban J connectivity index is 1.58. The smallest absolute Gasteiger partial charge is 0.227 e. The van der Waals surface area contributed by atoms with Gasteiger partial charge < -0.3 is 15.3 Å². The fourth-order valence-corrected chi connectivity index (χ4v) is 3.22. The van der Waals surface area contributed by atoms with E-state index in [0.717, 1.165) is 35.9 Å². The summed E-state index contributed by atoms with van der Waals surface area (Å²) < 4.78 is 1.97. The molecule has 0 amide bonds. The number of hydrogen-bond acceptors (Lipinski definition) is 6. The molecule has 1 aliphatic heterocycles. The molecule has 26 heavy (non-hydrogen) atoms. The van der Waals surface area contributed by atoms with Crippen LogP contribution in [0.3, 0.4) is 0 Å². The van der Waals surface area contributed by atoms with Crippen LogP contribution < -0.4 is 10.2 Å². The number of aliphatic hydroxyl groups is 1. The molecule has 0 radical (unpaired) electrons. The number of nitrogens with one attached hydrogen (secondary N) is 1. The van der Waals surface area contributed by atoms with Gasteiger partial charge in [-0.05, 0) is 18.6 Å². The monoisotopic (exact) mass is 350 g/mol. The van der Waals surface area contributed by atoms with Gasteiger partial charge in [-0.3, -0.25) is 4.68 Å². The molecule has 1 unspecified atom stereocenters. The average Bonchev–Trinajstić information content (AvgIpc) is 3.10. The molecule has 2 N–H and O–H groups in total. The van der Waals surface area contributed by atoms with E-state index in [2.05, 4.69) is 25.3 Å². The topological polar surface area (TPSA) is 79.1 Å². The van der Waals surface area contributed by atoms with Crippen LogP contribution in [0.2, 0.25) is 0 Å². The van der Waals surface area contributed by atoms with Crippen LogP contribution in [-0.2, 0) is 13.1 Å². The zero-order chi connectivity index (χ0) is 18.1. The second-order valence-corrected chi connectivity index (χ2v) is 6.46. The van der Waals surface area contributed by atoms with Crippen molar-refractivity contribution >= 4 is 11.8 Å². The highest BCUT2D eigenvalue weighted by Crippen LogP contribution is 2.25. The van der Waals surface area contributed by atoms with E-state index in [1.165, 1.54) is 0 Å². The predicted molar refractivity (Wildman–Crippen MR) is 100 cm³/mol. The molecule has 0 bridgehead atoms. The van der Waals surface area contributed by atoms with Crippen LogP contribution in [0.4, 0.5) is 11.8 Å². The van der Waals surface area contributed by atoms with Crippen LogP contribution >= 0.6 is 0 Å². The molecular formula is C19H22N6O. The molecule has 3 aromatic rings. The minimum absolute atomic E-state index is 0.668. The van der Waals surface area contributed by atoms with Crippen molar-refractivity contribution in [1.82, 2.24) is 19.7 Å². The number of rotatable bonds is 4. The summed E-state index contributed by atoms with van der Waals surface area (Å²) in [6.45, 7) is 4.15. The van der Waals surface area contributed by atoms with E-state index in [4.69, 9.17) is 0 Å². The molecule has 7 nitrogen and oxygen atoms in total. The Morgan fingerprint density at radius 3 is 2.69 bits per heavy atom. The lowest BCUT2D eigenvalue weighted by Crippen LogP contribution is -2.35. The van der Waals surface area contributed by atoms with E-state index < -0.39 is 6.10 Å². The minimum Gasteiger partial charge on any atom is -0.382 e. The molecule has 1 aromatic carbocycles. The number of fused-ring (bicyclic) bond motifs is 1. The van der Waals surface area contributed by atoms with Crippen molar-refractivity contribution < 1.29 is 5.11 Å². The molecule has 1 aliphatic rings. The molecule has 7 heteroatoms. The van der Waals surface area contributed by atoms with Crippen LogP contribution in [0, 0.1) is 6.92 Å². The van der Waals surface area contributed by atoms with Crippen molar-refractivity contribution in [2.24, 2.45) is 0 Å². The van der Waals surface area contributed by atoms with Gasteiger partial charge >= 0.3 is 0 Å². The maximum atomic E-state index is 10.6. The Morgan fingerprint density at radius 1 is 1.12 bits per heavy atom. The van der Waals surface area contributed by atoms with E-state index in [1.54, 1.807) is 0 Å². The third-order valence-corrected chi connectivity index (χ3v) is 4.59. The lowest BCUT2D eigenvalue weighted by molar-refractivity contribution is 0.214. The van der Waals surface area contributed by atoms with E-state index in [-0.39, 0.29) is 0 Å². The first kappa shape index (κ1) is 16.5. The molecule has 0 fully saturated rings. The van der Waals surface area contributed by atoms with Crippen molar-refractivity contribution in [3.05, 3.63) is 65.1 Å². The predicted octanol–water partition coefficient (Wildman–Crippen LogP) is 2.13. The summed E-state index contributed by atoms with van der Waals surface area (Å²) in [6, 6.07) is 13.5.